The minimum Gasteiger partial charge on any atom is -0.494 e. The van der Waals surface area contributed by atoms with Crippen LogP contribution in [0.2, 0.25) is 0 Å². The second-order valence-corrected chi connectivity index (χ2v) is 6.33. The van der Waals surface area contributed by atoms with E-state index in [9.17, 15) is 4.79 Å². The van der Waals surface area contributed by atoms with Gasteiger partial charge in [0.25, 0.3) is 0 Å². The molecule has 2 atom stereocenters. The number of hydrogen-bond donors (Lipinski definition) is 1. The fourth-order valence-electron chi connectivity index (χ4n) is 3.27. The van der Waals surface area contributed by atoms with Gasteiger partial charge in [-0.05, 0) is 45.2 Å². The van der Waals surface area contributed by atoms with Crippen molar-refractivity contribution in [2.24, 2.45) is 5.92 Å². The number of rotatable bonds is 5. The molecular formula is C19H25NO3. The first-order valence-electron chi connectivity index (χ1n) is 8.55. The highest BCUT2D eigenvalue weighted by Gasteiger charge is 2.23. The normalized spacial score (nSPS) is 22.3. The van der Waals surface area contributed by atoms with Crippen molar-refractivity contribution >= 4 is 5.91 Å². The number of amides is 1. The van der Waals surface area contributed by atoms with Gasteiger partial charge in [0.2, 0.25) is 5.91 Å². The van der Waals surface area contributed by atoms with Crippen LogP contribution in [0.15, 0.2) is 24.3 Å². The smallest absolute Gasteiger partial charge is 0.223 e. The minimum atomic E-state index is 0.0984. The molecule has 0 unspecified atom stereocenters. The maximum Gasteiger partial charge on any atom is 0.223 e. The maximum atomic E-state index is 12.3. The molecule has 4 nitrogen and oxygen atoms in total. The van der Waals surface area contributed by atoms with E-state index in [2.05, 4.69) is 30.5 Å². The number of allylic oxidation sites excluding steroid dienone is 2. The third-order valence-corrected chi connectivity index (χ3v) is 4.47. The number of nitrogens with one attached hydrogen (secondary N) is 1. The lowest BCUT2D eigenvalue weighted by Gasteiger charge is -2.18. The van der Waals surface area contributed by atoms with Gasteiger partial charge in [-0.15, -0.1) is 0 Å². The molecule has 1 aliphatic carbocycles. The molecule has 0 bridgehead atoms. The van der Waals surface area contributed by atoms with Crippen LogP contribution in [0.4, 0.5) is 0 Å². The van der Waals surface area contributed by atoms with Gasteiger partial charge in [0.15, 0.2) is 0 Å². The highest BCUT2D eigenvalue weighted by Crippen LogP contribution is 2.35. The maximum absolute atomic E-state index is 12.3. The predicted octanol–water partition coefficient (Wildman–Crippen LogP) is 3.38. The van der Waals surface area contributed by atoms with Crippen molar-refractivity contribution in [1.29, 1.82) is 0 Å². The zero-order valence-corrected chi connectivity index (χ0v) is 13.9. The Morgan fingerprint density at radius 1 is 1.39 bits per heavy atom. The number of benzene rings is 1. The summed E-state index contributed by atoms with van der Waals surface area (Å²) in [6, 6.07) is 4.08. The van der Waals surface area contributed by atoms with Crippen LogP contribution in [0.3, 0.4) is 0 Å². The number of carbonyl (C=O) groups excluding carboxylic acids is 1. The molecule has 0 aromatic heterocycles. The van der Waals surface area contributed by atoms with Crippen molar-refractivity contribution in [3.63, 3.8) is 0 Å². The summed E-state index contributed by atoms with van der Waals surface area (Å²) < 4.78 is 11.6. The highest BCUT2D eigenvalue weighted by molar-refractivity contribution is 5.79. The molecule has 124 valence electrons. The van der Waals surface area contributed by atoms with E-state index in [0.29, 0.717) is 13.2 Å². The molecule has 0 fully saturated rings. The van der Waals surface area contributed by atoms with Gasteiger partial charge in [0.05, 0.1) is 6.61 Å². The van der Waals surface area contributed by atoms with Crippen molar-refractivity contribution in [3.8, 4) is 11.5 Å². The Morgan fingerprint density at radius 2 is 2.26 bits per heavy atom. The van der Waals surface area contributed by atoms with Crippen molar-refractivity contribution in [2.75, 3.05) is 6.61 Å². The molecule has 1 aromatic rings. The topological polar surface area (TPSA) is 47.6 Å². The fraction of sp³-hybridized carbons (Fsp3) is 0.526. The van der Waals surface area contributed by atoms with Gasteiger partial charge in [-0.2, -0.15) is 0 Å². The molecule has 1 heterocycles. The third kappa shape index (κ3) is 3.69. The molecular weight excluding hydrogens is 290 g/mol. The van der Waals surface area contributed by atoms with Crippen LogP contribution in [-0.4, -0.2) is 18.6 Å². The molecule has 0 saturated carbocycles. The third-order valence-electron chi connectivity index (χ3n) is 4.47. The summed E-state index contributed by atoms with van der Waals surface area (Å²) in [6.07, 6.45) is 8.14. The quantitative estimate of drug-likeness (QED) is 0.847. The van der Waals surface area contributed by atoms with Crippen LogP contribution in [0.1, 0.15) is 44.2 Å². The van der Waals surface area contributed by atoms with Gasteiger partial charge in [-0.25, -0.2) is 0 Å². The zero-order chi connectivity index (χ0) is 16.2. The summed E-state index contributed by atoms with van der Waals surface area (Å²) in [5.74, 6) is 2.01. The van der Waals surface area contributed by atoms with E-state index in [4.69, 9.17) is 9.47 Å². The molecule has 23 heavy (non-hydrogen) atoms. The van der Waals surface area contributed by atoms with Crippen molar-refractivity contribution in [3.05, 3.63) is 35.4 Å². The van der Waals surface area contributed by atoms with Crippen molar-refractivity contribution in [2.45, 2.75) is 52.2 Å². The molecule has 1 N–H and O–H groups in total. The Labute approximate surface area is 137 Å². The summed E-state index contributed by atoms with van der Waals surface area (Å²) in [7, 11) is 0. The van der Waals surface area contributed by atoms with E-state index in [1.807, 2.05) is 13.0 Å². The Hall–Kier alpha value is -1.97. The molecule has 1 aliphatic heterocycles. The Kier molecular flexibility index (Phi) is 4.89. The first kappa shape index (κ1) is 15.9. The molecule has 1 amide bonds. The van der Waals surface area contributed by atoms with Crippen LogP contribution in [0.25, 0.3) is 0 Å². The number of carbonyl (C=O) groups is 1. The van der Waals surface area contributed by atoms with E-state index in [1.165, 1.54) is 5.56 Å². The van der Waals surface area contributed by atoms with E-state index in [-0.39, 0.29) is 17.9 Å². The monoisotopic (exact) mass is 315 g/mol. The molecule has 1 aromatic carbocycles. The van der Waals surface area contributed by atoms with E-state index in [1.54, 1.807) is 0 Å². The SMILES string of the molecule is CCOc1cc2c(cc1CNC(=O)[C@@H]1CC=CCC1)O[C@H](C)C2. The molecule has 2 aliphatic rings. The number of hydrogen-bond acceptors (Lipinski definition) is 3. The second kappa shape index (κ2) is 7.07. The summed E-state index contributed by atoms with van der Waals surface area (Å²) >= 11 is 0. The minimum absolute atomic E-state index is 0.0984. The van der Waals surface area contributed by atoms with Gasteiger partial charge in [0, 0.05) is 30.0 Å². The average molecular weight is 315 g/mol. The van der Waals surface area contributed by atoms with Gasteiger partial charge < -0.3 is 14.8 Å². The first-order chi connectivity index (χ1) is 11.2. The number of fused-ring (bicyclic) bond motifs is 1. The molecule has 0 radical (unpaired) electrons. The second-order valence-electron chi connectivity index (χ2n) is 6.33. The standard InChI is InChI=1S/C19H25NO3/c1-3-22-17-10-15-9-13(2)23-18(15)11-16(17)12-20-19(21)14-7-5-4-6-8-14/h4-5,10-11,13-14H,3,6-9,12H2,1-2H3,(H,20,21)/t13-,14-/m1/s1. The van der Waals surface area contributed by atoms with Gasteiger partial charge in [0.1, 0.15) is 17.6 Å². The van der Waals surface area contributed by atoms with Gasteiger partial charge >= 0.3 is 0 Å². The van der Waals surface area contributed by atoms with Crippen LogP contribution in [-0.2, 0) is 17.8 Å². The lowest BCUT2D eigenvalue weighted by molar-refractivity contribution is -0.125. The Bertz CT molecular complexity index is 609. The van der Waals surface area contributed by atoms with Gasteiger partial charge in [-0.1, -0.05) is 12.2 Å². The summed E-state index contributed by atoms with van der Waals surface area (Å²) in [6.45, 7) is 5.14. The Morgan fingerprint density at radius 3 is 3.00 bits per heavy atom. The molecule has 4 heteroatoms. The number of ether oxygens (including phenoxy) is 2. The largest absolute Gasteiger partial charge is 0.494 e. The predicted molar refractivity (Wildman–Crippen MR) is 89.7 cm³/mol. The summed E-state index contributed by atoms with van der Waals surface area (Å²) in [5, 5.41) is 3.06. The molecule has 3 rings (SSSR count). The van der Waals surface area contributed by atoms with Crippen LogP contribution in [0.5, 0.6) is 11.5 Å². The van der Waals surface area contributed by atoms with Crippen molar-refractivity contribution in [1.82, 2.24) is 5.32 Å². The lowest BCUT2D eigenvalue weighted by atomic mass is 9.93. The van der Waals surface area contributed by atoms with Crippen LogP contribution in [0, 0.1) is 5.92 Å². The fourth-order valence-corrected chi connectivity index (χ4v) is 3.27. The van der Waals surface area contributed by atoms with E-state index in [0.717, 1.165) is 42.7 Å². The summed E-state index contributed by atoms with van der Waals surface area (Å²) in [5.41, 5.74) is 2.17. The van der Waals surface area contributed by atoms with Crippen LogP contribution >= 0.6 is 0 Å². The molecule has 0 spiro atoms. The Balaban J connectivity index is 1.70. The van der Waals surface area contributed by atoms with Gasteiger partial charge in [-0.3, -0.25) is 4.79 Å². The van der Waals surface area contributed by atoms with E-state index < -0.39 is 0 Å². The zero-order valence-electron chi connectivity index (χ0n) is 13.9. The van der Waals surface area contributed by atoms with E-state index >= 15 is 0 Å². The average Bonchev–Trinajstić information content (AvgIpc) is 2.92. The summed E-state index contributed by atoms with van der Waals surface area (Å²) in [4.78, 5) is 12.3. The van der Waals surface area contributed by atoms with Crippen LogP contribution < -0.4 is 14.8 Å². The lowest BCUT2D eigenvalue weighted by Crippen LogP contribution is -2.30. The highest BCUT2D eigenvalue weighted by atomic mass is 16.5. The molecule has 0 saturated heterocycles. The van der Waals surface area contributed by atoms with Crippen molar-refractivity contribution < 1.29 is 14.3 Å². The first-order valence-corrected chi connectivity index (χ1v) is 8.55.